The Kier molecular flexibility index (Phi) is 3.58. The number of hydrogen-bond acceptors (Lipinski definition) is 6. The number of hydrogen-bond donors (Lipinski definition) is 4. The number of aromatic carboxylic acids is 1. The molecular formula is C10H8N4O6S. The van der Waals surface area contributed by atoms with E-state index in [-0.39, 0.29) is 5.69 Å². The SMILES string of the molecule is O=C(O)c1ncccc1NS(=O)(=O)c1c[nH]c(=O)[nH]c1=O. The average Bonchev–Trinajstić information content (AvgIpc) is 2.37. The second-order valence-corrected chi connectivity index (χ2v) is 5.40. The van der Waals surface area contributed by atoms with Crippen LogP contribution in [0.25, 0.3) is 0 Å². The summed E-state index contributed by atoms with van der Waals surface area (Å²) in [7, 11) is -4.38. The normalized spacial score (nSPS) is 11.0. The molecule has 0 aliphatic rings. The number of anilines is 1. The Bertz CT molecular complexity index is 913. The first-order valence-electron chi connectivity index (χ1n) is 5.34. The maximum absolute atomic E-state index is 12.0. The smallest absolute Gasteiger partial charge is 0.356 e. The van der Waals surface area contributed by atoms with Crippen LogP contribution in [0.15, 0.2) is 39.0 Å². The maximum Gasteiger partial charge on any atom is 0.356 e. The average molecular weight is 312 g/mol. The van der Waals surface area contributed by atoms with Crippen molar-refractivity contribution in [3.8, 4) is 0 Å². The summed E-state index contributed by atoms with van der Waals surface area (Å²) in [5.74, 6) is -1.44. The van der Waals surface area contributed by atoms with Gasteiger partial charge in [-0.3, -0.25) is 14.5 Å². The lowest BCUT2D eigenvalue weighted by molar-refractivity contribution is 0.0692. The number of rotatable bonds is 4. The summed E-state index contributed by atoms with van der Waals surface area (Å²) in [5, 5.41) is 8.91. The molecule has 21 heavy (non-hydrogen) atoms. The van der Waals surface area contributed by atoms with Gasteiger partial charge in [-0.05, 0) is 12.1 Å². The minimum atomic E-state index is -4.38. The predicted molar refractivity (Wildman–Crippen MR) is 69.7 cm³/mol. The summed E-state index contributed by atoms with van der Waals surface area (Å²) in [6.07, 6.45) is 1.88. The van der Waals surface area contributed by atoms with Crippen molar-refractivity contribution >= 4 is 21.7 Å². The van der Waals surface area contributed by atoms with E-state index in [1.165, 1.54) is 18.3 Å². The van der Waals surface area contributed by atoms with Crippen LogP contribution in [0.3, 0.4) is 0 Å². The van der Waals surface area contributed by atoms with Crippen LogP contribution >= 0.6 is 0 Å². The van der Waals surface area contributed by atoms with Gasteiger partial charge in [-0.25, -0.2) is 23.0 Å². The first-order valence-corrected chi connectivity index (χ1v) is 6.83. The molecule has 0 spiro atoms. The molecule has 0 radical (unpaired) electrons. The fourth-order valence-electron chi connectivity index (χ4n) is 1.45. The standard InChI is InChI=1S/C10H8N4O6S/c15-8-6(4-12-10(18)13-8)21(19,20)14-5-2-1-3-11-7(5)9(16)17/h1-4,14H,(H,16,17)(H2,12,13,15,18). The van der Waals surface area contributed by atoms with E-state index < -0.39 is 37.8 Å². The maximum atomic E-state index is 12.0. The first kappa shape index (κ1) is 14.5. The summed E-state index contributed by atoms with van der Waals surface area (Å²) in [5.41, 5.74) is -2.84. The lowest BCUT2D eigenvalue weighted by atomic mass is 10.3. The van der Waals surface area contributed by atoms with Gasteiger partial charge in [0, 0.05) is 12.4 Å². The fraction of sp³-hybridized carbons (Fsp3) is 0. The number of nitrogens with one attached hydrogen (secondary N) is 3. The number of nitrogens with zero attached hydrogens (tertiary/aromatic N) is 1. The van der Waals surface area contributed by atoms with Crippen LogP contribution in [0.5, 0.6) is 0 Å². The van der Waals surface area contributed by atoms with Gasteiger partial charge in [0.2, 0.25) is 0 Å². The van der Waals surface area contributed by atoms with Gasteiger partial charge in [0.1, 0.15) is 0 Å². The van der Waals surface area contributed by atoms with Crippen LogP contribution in [0.1, 0.15) is 10.5 Å². The highest BCUT2D eigenvalue weighted by molar-refractivity contribution is 7.92. The van der Waals surface area contributed by atoms with E-state index in [2.05, 4.69) is 4.98 Å². The molecule has 0 fully saturated rings. The summed E-state index contributed by atoms with van der Waals surface area (Å²) in [4.78, 5) is 39.8. The Morgan fingerprint density at radius 1 is 1.33 bits per heavy atom. The van der Waals surface area contributed by atoms with Crippen molar-refractivity contribution in [1.82, 2.24) is 15.0 Å². The lowest BCUT2D eigenvalue weighted by Crippen LogP contribution is -2.29. The predicted octanol–water partition coefficient (Wildman–Crippen LogP) is -1.04. The molecular weight excluding hydrogens is 304 g/mol. The molecule has 110 valence electrons. The number of sulfonamides is 1. The molecule has 0 saturated carbocycles. The van der Waals surface area contributed by atoms with Gasteiger partial charge < -0.3 is 10.1 Å². The molecule has 2 aromatic heterocycles. The molecule has 4 N–H and O–H groups in total. The molecule has 0 saturated heterocycles. The van der Waals surface area contributed by atoms with Crippen LogP contribution in [0.4, 0.5) is 5.69 Å². The van der Waals surface area contributed by atoms with Gasteiger partial charge in [0.25, 0.3) is 15.6 Å². The monoisotopic (exact) mass is 312 g/mol. The summed E-state index contributed by atoms with van der Waals surface area (Å²) >= 11 is 0. The third kappa shape index (κ3) is 2.97. The Labute approximate surface area is 116 Å². The molecule has 0 aliphatic carbocycles. The van der Waals surface area contributed by atoms with Crippen molar-refractivity contribution in [3.63, 3.8) is 0 Å². The van der Waals surface area contributed by atoms with E-state index in [1.54, 1.807) is 4.98 Å². The van der Waals surface area contributed by atoms with Crippen LogP contribution in [0, 0.1) is 0 Å². The quantitative estimate of drug-likeness (QED) is 0.560. The van der Waals surface area contributed by atoms with Gasteiger partial charge in [-0.2, -0.15) is 0 Å². The Morgan fingerprint density at radius 2 is 2.05 bits per heavy atom. The molecule has 0 aliphatic heterocycles. The Balaban J connectivity index is 2.50. The van der Waals surface area contributed by atoms with Crippen molar-refractivity contribution in [1.29, 1.82) is 0 Å². The van der Waals surface area contributed by atoms with E-state index in [1.807, 2.05) is 9.71 Å². The number of carboxylic acid groups (broad SMARTS) is 1. The van der Waals surface area contributed by atoms with E-state index in [0.29, 0.717) is 6.20 Å². The number of pyridine rings is 1. The highest BCUT2D eigenvalue weighted by Crippen LogP contribution is 2.16. The summed E-state index contributed by atoms with van der Waals surface area (Å²) < 4.78 is 26.0. The van der Waals surface area contributed by atoms with Crippen LogP contribution < -0.4 is 16.0 Å². The highest BCUT2D eigenvalue weighted by atomic mass is 32.2. The minimum Gasteiger partial charge on any atom is -0.476 e. The molecule has 2 rings (SSSR count). The Hall–Kier alpha value is -2.95. The van der Waals surface area contributed by atoms with Gasteiger partial charge in [-0.15, -0.1) is 0 Å². The Morgan fingerprint density at radius 3 is 2.67 bits per heavy atom. The molecule has 11 heteroatoms. The third-order valence-corrected chi connectivity index (χ3v) is 3.70. The number of carbonyl (C=O) groups is 1. The molecule has 2 heterocycles. The topological polar surface area (TPSA) is 162 Å². The zero-order chi connectivity index (χ0) is 15.6. The van der Waals surface area contributed by atoms with Crippen molar-refractivity contribution < 1.29 is 18.3 Å². The number of H-pyrrole nitrogens is 2. The highest BCUT2D eigenvalue weighted by Gasteiger charge is 2.22. The second-order valence-electron chi connectivity index (χ2n) is 3.75. The minimum absolute atomic E-state index is 0.310. The third-order valence-electron chi connectivity index (χ3n) is 2.33. The van der Waals surface area contributed by atoms with Gasteiger partial charge in [-0.1, -0.05) is 0 Å². The molecule has 0 aromatic carbocycles. The molecule has 2 aromatic rings. The molecule has 10 nitrogen and oxygen atoms in total. The fourth-order valence-corrected chi connectivity index (χ4v) is 2.53. The van der Waals surface area contributed by atoms with Gasteiger partial charge >= 0.3 is 11.7 Å². The van der Waals surface area contributed by atoms with E-state index in [0.717, 1.165) is 0 Å². The van der Waals surface area contributed by atoms with Gasteiger partial charge in [0.15, 0.2) is 10.6 Å². The van der Waals surface area contributed by atoms with Crippen molar-refractivity contribution in [2.75, 3.05) is 4.72 Å². The zero-order valence-electron chi connectivity index (χ0n) is 10.2. The van der Waals surface area contributed by atoms with Crippen molar-refractivity contribution in [3.05, 3.63) is 51.1 Å². The van der Waals surface area contributed by atoms with Crippen molar-refractivity contribution in [2.45, 2.75) is 4.90 Å². The summed E-state index contributed by atoms with van der Waals surface area (Å²) in [6, 6.07) is 2.50. The number of carboxylic acids is 1. The van der Waals surface area contributed by atoms with E-state index in [4.69, 9.17) is 5.11 Å². The first-order chi connectivity index (χ1) is 9.81. The largest absolute Gasteiger partial charge is 0.476 e. The molecule has 0 amide bonds. The lowest BCUT2D eigenvalue weighted by Gasteiger charge is -2.08. The molecule has 0 atom stereocenters. The van der Waals surface area contributed by atoms with E-state index >= 15 is 0 Å². The van der Waals surface area contributed by atoms with Crippen LogP contribution in [0.2, 0.25) is 0 Å². The summed E-state index contributed by atoms with van der Waals surface area (Å²) in [6.45, 7) is 0. The van der Waals surface area contributed by atoms with Crippen LogP contribution in [-0.2, 0) is 10.0 Å². The molecule has 0 bridgehead atoms. The number of aromatic nitrogens is 3. The van der Waals surface area contributed by atoms with E-state index in [9.17, 15) is 22.8 Å². The van der Waals surface area contributed by atoms with Crippen LogP contribution in [-0.4, -0.2) is 34.4 Å². The number of aromatic amines is 2. The van der Waals surface area contributed by atoms with Crippen molar-refractivity contribution in [2.24, 2.45) is 0 Å². The van der Waals surface area contributed by atoms with Gasteiger partial charge in [0.05, 0.1) is 5.69 Å². The molecule has 0 unspecified atom stereocenters. The zero-order valence-corrected chi connectivity index (χ0v) is 11.0. The second kappa shape index (κ2) is 5.20.